The molecule has 0 unspecified atom stereocenters. The van der Waals surface area contributed by atoms with Crippen LogP contribution in [0.3, 0.4) is 0 Å². The number of hydrogen-bond acceptors (Lipinski definition) is 7. The number of nitrogens with one attached hydrogen (secondary N) is 3. The van der Waals surface area contributed by atoms with Crippen molar-refractivity contribution in [2.45, 2.75) is 6.04 Å². The van der Waals surface area contributed by atoms with E-state index in [9.17, 15) is 9.59 Å². The molecule has 0 radical (unpaired) electrons. The molecule has 2 aromatic rings. The largest absolute Gasteiger partial charge is 0.374 e. The lowest BCUT2D eigenvalue weighted by molar-refractivity contribution is -0.129. The molecule has 0 atom stereocenters. The van der Waals surface area contributed by atoms with Gasteiger partial charge in [0.2, 0.25) is 5.91 Å². The third-order valence-corrected chi connectivity index (χ3v) is 4.41. The first-order chi connectivity index (χ1) is 13.5. The number of rotatable bonds is 7. The first-order valence-electron chi connectivity index (χ1n) is 9.06. The molecule has 9 nitrogen and oxygen atoms in total. The number of pyridine rings is 1. The average molecular weight is 383 g/mol. The molecule has 148 valence electrons. The zero-order valence-corrected chi connectivity index (χ0v) is 16.3. The van der Waals surface area contributed by atoms with Gasteiger partial charge in [-0.2, -0.15) is 0 Å². The SMILES string of the molecule is CNc1cc(-c2c[nH]c(=O)c(NC3CN(C(=O)/C=C/CN(C)C)C3)c2)ncn1. The van der Waals surface area contributed by atoms with Gasteiger partial charge in [-0.1, -0.05) is 6.08 Å². The number of aromatic nitrogens is 3. The van der Waals surface area contributed by atoms with Crippen molar-refractivity contribution in [2.75, 3.05) is 51.4 Å². The molecular formula is C19H25N7O2. The molecule has 1 fully saturated rings. The fourth-order valence-corrected chi connectivity index (χ4v) is 2.83. The lowest BCUT2D eigenvalue weighted by Gasteiger charge is -2.39. The van der Waals surface area contributed by atoms with Crippen molar-refractivity contribution >= 4 is 17.4 Å². The van der Waals surface area contributed by atoms with Crippen LogP contribution in [0.5, 0.6) is 0 Å². The van der Waals surface area contributed by atoms with Gasteiger partial charge in [0.1, 0.15) is 17.8 Å². The first kappa shape index (κ1) is 19.6. The summed E-state index contributed by atoms with van der Waals surface area (Å²) in [5.74, 6) is 0.685. The minimum Gasteiger partial charge on any atom is -0.374 e. The van der Waals surface area contributed by atoms with Gasteiger partial charge >= 0.3 is 0 Å². The van der Waals surface area contributed by atoms with Gasteiger partial charge in [0.25, 0.3) is 5.56 Å². The number of likely N-dealkylation sites (tertiary alicyclic amines) is 1. The van der Waals surface area contributed by atoms with E-state index in [0.717, 1.165) is 12.1 Å². The molecule has 2 aromatic heterocycles. The third-order valence-electron chi connectivity index (χ3n) is 4.41. The fourth-order valence-electron chi connectivity index (χ4n) is 2.83. The molecule has 1 aliphatic rings. The number of H-pyrrole nitrogens is 1. The second-order valence-electron chi connectivity index (χ2n) is 6.92. The molecule has 0 aromatic carbocycles. The van der Waals surface area contributed by atoms with E-state index in [2.05, 4.69) is 25.6 Å². The Kier molecular flexibility index (Phi) is 6.05. The van der Waals surface area contributed by atoms with Crippen molar-refractivity contribution in [1.82, 2.24) is 24.8 Å². The van der Waals surface area contributed by atoms with Crippen molar-refractivity contribution in [2.24, 2.45) is 0 Å². The van der Waals surface area contributed by atoms with Gasteiger partial charge < -0.3 is 25.4 Å². The fraction of sp³-hybridized carbons (Fsp3) is 0.368. The van der Waals surface area contributed by atoms with Gasteiger partial charge in [0.15, 0.2) is 0 Å². The van der Waals surface area contributed by atoms with Crippen LogP contribution in [-0.4, -0.2) is 77.5 Å². The Morgan fingerprint density at radius 3 is 2.86 bits per heavy atom. The molecular weight excluding hydrogens is 358 g/mol. The molecule has 0 aliphatic carbocycles. The maximum absolute atomic E-state index is 12.2. The second-order valence-corrected chi connectivity index (χ2v) is 6.92. The molecule has 0 bridgehead atoms. The van der Waals surface area contributed by atoms with E-state index >= 15 is 0 Å². The highest BCUT2D eigenvalue weighted by Gasteiger charge is 2.29. The van der Waals surface area contributed by atoms with Gasteiger partial charge in [0.05, 0.1) is 11.7 Å². The third kappa shape index (κ3) is 4.74. The number of carbonyl (C=O) groups is 1. The molecule has 1 amide bonds. The highest BCUT2D eigenvalue weighted by atomic mass is 16.2. The zero-order chi connectivity index (χ0) is 20.1. The molecule has 1 aliphatic heterocycles. The minimum absolute atomic E-state index is 0.0110. The quantitative estimate of drug-likeness (QED) is 0.602. The van der Waals surface area contributed by atoms with Gasteiger partial charge in [-0.05, 0) is 20.2 Å². The number of likely N-dealkylation sites (N-methyl/N-ethyl adjacent to an activating group) is 1. The minimum atomic E-state index is -0.206. The van der Waals surface area contributed by atoms with Gasteiger partial charge in [-0.15, -0.1) is 0 Å². The van der Waals surface area contributed by atoms with Crippen molar-refractivity contribution in [1.29, 1.82) is 0 Å². The number of amides is 1. The standard InChI is InChI=1S/C19H25N7O2/c1-20-17-8-15(22-12-23-17)13-7-16(19(28)21-9-13)24-14-10-26(11-14)18(27)5-4-6-25(2)3/h4-5,7-9,12,14,24H,6,10-11H2,1-3H3,(H,21,28)(H,20,22,23)/b5-4+. The molecule has 0 saturated carbocycles. The Labute approximate surface area is 163 Å². The van der Waals surface area contributed by atoms with Crippen molar-refractivity contribution < 1.29 is 4.79 Å². The molecule has 1 saturated heterocycles. The zero-order valence-electron chi connectivity index (χ0n) is 16.3. The Morgan fingerprint density at radius 1 is 1.36 bits per heavy atom. The van der Waals surface area contributed by atoms with Crippen molar-refractivity contribution in [3.05, 3.63) is 47.2 Å². The topological polar surface area (TPSA) is 106 Å². The van der Waals surface area contributed by atoms with Crippen LogP contribution < -0.4 is 16.2 Å². The first-order valence-corrected chi connectivity index (χ1v) is 9.06. The predicted molar refractivity (Wildman–Crippen MR) is 109 cm³/mol. The lowest BCUT2D eigenvalue weighted by Crippen LogP contribution is -2.57. The number of carbonyl (C=O) groups excluding carboxylic acids is 1. The monoisotopic (exact) mass is 383 g/mol. The van der Waals surface area contributed by atoms with Crippen LogP contribution in [0.15, 0.2) is 41.6 Å². The maximum atomic E-state index is 12.2. The Balaban J connectivity index is 1.62. The molecule has 3 N–H and O–H groups in total. The highest BCUT2D eigenvalue weighted by molar-refractivity contribution is 5.88. The van der Waals surface area contributed by atoms with Crippen molar-refractivity contribution in [3.8, 4) is 11.3 Å². The summed E-state index contributed by atoms with van der Waals surface area (Å²) < 4.78 is 0. The van der Waals surface area contributed by atoms with E-state index in [4.69, 9.17) is 0 Å². The van der Waals surface area contributed by atoms with Crippen LogP contribution in [-0.2, 0) is 4.79 Å². The van der Waals surface area contributed by atoms with Gasteiger partial charge in [0, 0.05) is 50.6 Å². The molecule has 28 heavy (non-hydrogen) atoms. The summed E-state index contributed by atoms with van der Waals surface area (Å²) in [6.07, 6.45) is 6.54. The van der Waals surface area contributed by atoms with E-state index < -0.39 is 0 Å². The van der Waals surface area contributed by atoms with Crippen LogP contribution in [0.2, 0.25) is 0 Å². The number of hydrogen-bond donors (Lipinski definition) is 3. The molecule has 9 heteroatoms. The predicted octanol–water partition coefficient (Wildman–Crippen LogP) is 0.614. The van der Waals surface area contributed by atoms with Crippen LogP contribution in [0.4, 0.5) is 11.5 Å². The van der Waals surface area contributed by atoms with Gasteiger partial charge in [-0.25, -0.2) is 9.97 Å². The molecule has 0 spiro atoms. The summed E-state index contributed by atoms with van der Waals surface area (Å²) in [7, 11) is 5.68. The second kappa shape index (κ2) is 8.66. The van der Waals surface area contributed by atoms with Crippen LogP contribution in [0, 0.1) is 0 Å². The van der Waals surface area contributed by atoms with E-state index in [0.29, 0.717) is 30.3 Å². The maximum Gasteiger partial charge on any atom is 0.271 e. The number of anilines is 2. The van der Waals surface area contributed by atoms with E-state index in [1.165, 1.54) is 6.33 Å². The highest BCUT2D eigenvalue weighted by Crippen LogP contribution is 2.20. The number of nitrogens with zero attached hydrogens (tertiary/aromatic N) is 4. The lowest BCUT2D eigenvalue weighted by atomic mass is 10.1. The van der Waals surface area contributed by atoms with Crippen LogP contribution >= 0.6 is 0 Å². The summed E-state index contributed by atoms with van der Waals surface area (Å²) in [6, 6.07) is 3.62. The Bertz CT molecular complexity index is 916. The van der Waals surface area contributed by atoms with E-state index in [1.54, 1.807) is 36.4 Å². The smallest absolute Gasteiger partial charge is 0.271 e. The van der Waals surface area contributed by atoms with Crippen molar-refractivity contribution in [3.63, 3.8) is 0 Å². The summed E-state index contributed by atoms with van der Waals surface area (Å²) >= 11 is 0. The van der Waals surface area contributed by atoms with Gasteiger partial charge in [-0.3, -0.25) is 9.59 Å². The summed E-state index contributed by atoms with van der Waals surface area (Å²) in [5, 5.41) is 6.18. The Morgan fingerprint density at radius 2 is 2.14 bits per heavy atom. The summed E-state index contributed by atoms with van der Waals surface area (Å²) in [6.45, 7) is 1.85. The Hall–Kier alpha value is -3.20. The molecule has 3 heterocycles. The average Bonchev–Trinajstić information content (AvgIpc) is 2.65. The summed E-state index contributed by atoms with van der Waals surface area (Å²) in [4.78, 5) is 39.0. The van der Waals surface area contributed by atoms with Crippen LogP contribution in [0.1, 0.15) is 0 Å². The number of aromatic amines is 1. The summed E-state index contributed by atoms with van der Waals surface area (Å²) in [5.41, 5.74) is 1.74. The van der Waals surface area contributed by atoms with Crippen LogP contribution in [0.25, 0.3) is 11.3 Å². The molecule has 3 rings (SSSR count). The normalized spacial score (nSPS) is 14.4. The van der Waals surface area contributed by atoms with E-state index in [-0.39, 0.29) is 17.5 Å². The van der Waals surface area contributed by atoms with E-state index in [1.807, 2.05) is 25.1 Å².